The zero-order valence-electron chi connectivity index (χ0n) is 13.7. The molecule has 1 aromatic rings. The number of rotatable bonds is 1. The lowest BCUT2D eigenvalue weighted by Gasteiger charge is -2.47. The van der Waals surface area contributed by atoms with Gasteiger partial charge < -0.3 is 10.3 Å². The lowest BCUT2D eigenvalue weighted by Crippen LogP contribution is -2.52. The quantitative estimate of drug-likeness (QED) is 0.799. The summed E-state index contributed by atoms with van der Waals surface area (Å²) < 4.78 is 13.4. The van der Waals surface area contributed by atoms with Crippen LogP contribution in [0, 0.1) is 62.5 Å². The number of benzene rings is 1. The Morgan fingerprint density at radius 3 is 2.40 bits per heavy atom. The van der Waals surface area contributed by atoms with Gasteiger partial charge in [-0.25, -0.2) is 4.39 Å². The summed E-state index contributed by atoms with van der Waals surface area (Å²) in [6, 6.07) is 11.9. The van der Waals surface area contributed by atoms with Crippen LogP contribution in [0.25, 0.3) is 0 Å². The van der Waals surface area contributed by atoms with E-state index < -0.39 is 23.1 Å². The number of nitriles is 3. The SMILES string of the molecule is CN1CC=C2C(C#N)C(=N)C(C#N)(C#N)[C@H](c3ccc(F)cc3)[C@@H]2C1. The molecule has 2 aliphatic rings. The molecule has 0 spiro atoms. The van der Waals surface area contributed by atoms with Crippen LogP contribution < -0.4 is 0 Å². The number of hydrogen-bond donors (Lipinski definition) is 1. The Labute approximate surface area is 145 Å². The highest BCUT2D eigenvalue weighted by Crippen LogP contribution is 2.53. The third kappa shape index (κ3) is 2.41. The second kappa shape index (κ2) is 6.13. The number of hydrogen-bond acceptors (Lipinski definition) is 5. The lowest BCUT2D eigenvalue weighted by molar-refractivity contribution is 0.235. The van der Waals surface area contributed by atoms with E-state index >= 15 is 0 Å². The fraction of sp³-hybridized carbons (Fsp3) is 0.368. The molecule has 1 fully saturated rings. The Morgan fingerprint density at radius 2 is 1.84 bits per heavy atom. The van der Waals surface area contributed by atoms with E-state index in [-0.39, 0.29) is 11.6 Å². The summed E-state index contributed by atoms with van der Waals surface area (Å²) in [6.07, 6.45) is 1.92. The molecule has 124 valence electrons. The molecule has 0 bridgehead atoms. The highest BCUT2D eigenvalue weighted by Gasteiger charge is 2.57. The van der Waals surface area contributed by atoms with Crippen molar-refractivity contribution < 1.29 is 4.39 Å². The molecule has 0 saturated heterocycles. The molecule has 0 radical (unpaired) electrons. The summed E-state index contributed by atoms with van der Waals surface area (Å²) in [6.45, 7) is 1.23. The Kier molecular flexibility index (Phi) is 4.13. The van der Waals surface area contributed by atoms with Gasteiger partial charge in [0.25, 0.3) is 0 Å². The highest BCUT2D eigenvalue weighted by molar-refractivity contribution is 6.00. The fourth-order valence-electron chi connectivity index (χ4n) is 4.00. The number of fused-ring (bicyclic) bond motifs is 1. The van der Waals surface area contributed by atoms with Gasteiger partial charge in [-0.15, -0.1) is 0 Å². The molecule has 1 unspecified atom stereocenters. The van der Waals surface area contributed by atoms with E-state index in [1.54, 1.807) is 12.1 Å². The maximum absolute atomic E-state index is 13.4. The zero-order chi connectivity index (χ0) is 18.2. The standard InChI is InChI=1S/C19H16FN5/c1-25-7-6-14-15(8-21)18(24)19(10-22,11-23)17(16(14)9-25)12-2-4-13(20)5-3-12/h2-6,15-17,24H,7,9H2,1H3/t15?,16-,17-/m1/s1. The van der Waals surface area contributed by atoms with Gasteiger partial charge in [-0.1, -0.05) is 18.2 Å². The second-order valence-electron chi connectivity index (χ2n) is 6.57. The first kappa shape index (κ1) is 16.8. The summed E-state index contributed by atoms with van der Waals surface area (Å²) >= 11 is 0. The van der Waals surface area contributed by atoms with Gasteiger partial charge in [0.05, 0.1) is 23.9 Å². The summed E-state index contributed by atoms with van der Waals surface area (Å²) in [5.74, 6) is -2.13. The van der Waals surface area contributed by atoms with Gasteiger partial charge in [-0.3, -0.25) is 0 Å². The molecule has 1 heterocycles. The normalized spacial score (nSPS) is 28.0. The average molecular weight is 333 g/mol. The molecular weight excluding hydrogens is 317 g/mol. The summed E-state index contributed by atoms with van der Waals surface area (Å²) in [5.41, 5.74) is -0.488. The minimum Gasteiger partial charge on any atom is -0.305 e. The molecule has 1 aliphatic heterocycles. The van der Waals surface area contributed by atoms with E-state index in [4.69, 9.17) is 5.41 Å². The zero-order valence-corrected chi connectivity index (χ0v) is 13.7. The molecule has 3 atom stereocenters. The van der Waals surface area contributed by atoms with Crippen LogP contribution in [-0.2, 0) is 0 Å². The van der Waals surface area contributed by atoms with E-state index in [2.05, 4.69) is 6.07 Å². The summed E-state index contributed by atoms with van der Waals surface area (Å²) in [4.78, 5) is 2.05. The highest BCUT2D eigenvalue weighted by atomic mass is 19.1. The predicted molar refractivity (Wildman–Crippen MR) is 88.7 cm³/mol. The molecule has 6 heteroatoms. The largest absolute Gasteiger partial charge is 0.305 e. The van der Waals surface area contributed by atoms with Gasteiger partial charge in [0.15, 0.2) is 5.41 Å². The smallest absolute Gasteiger partial charge is 0.189 e. The number of nitrogens with zero attached hydrogens (tertiary/aromatic N) is 4. The Bertz CT molecular complexity index is 851. The van der Waals surface area contributed by atoms with Gasteiger partial charge >= 0.3 is 0 Å². The summed E-state index contributed by atoms with van der Waals surface area (Å²) in [5, 5.41) is 37.7. The van der Waals surface area contributed by atoms with Crippen molar-refractivity contribution in [2.45, 2.75) is 5.92 Å². The van der Waals surface area contributed by atoms with Crippen molar-refractivity contribution in [3.63, 3.8) is 0 Å². The molecule has 1 aliphatic carbocycles. The van der Waals surface area contributed by atoms with Crippen molar-refractivity contribution in [3.8, 4) is 18.2 Å². The molecular formula is C19H16FN5. The first-order chi connectivity index (χ1) is 12.0. The molecule has 1 N–H and O–H groups in total. The third-order valence-electron chi connectivity index (χ3n) is 5.20. The molecule has 5 nitrogen and oxygen atoms in total. The number of likely N-dealkylation sites (N-methyl/N-ethyl adjacent to an activating group) is 1. The molecule has 1 saturated carbocycles. The Balaban J connectivity index is 2.25. The van der Waals surface area contributed by atoms with Gasteiger partial charge in [0.2, 0.25) is 0 Å². The maximum atomic E-state index is 13.4. The van der Waals surface area contributed by atoms with E-state index in [0.29, 0.717) is 18.7 Å². The van der Waals surface area contributed by atoms with Crippen LogP contribution in [0.3, 0.4) is 0 Å². The van der Waals surface area contributed by atoms with E-state index in [1.165, 1.54) is 12.1 Å². The Hall–Kier alpha value is -3.01. The Morgan fingerprint density at radius 1 is 1.20 bits per heavy atom. The van der Waals surface area contributed by atoms with E-state index in [9.17, 15) is 20.2 Å². The van der Waals surface area contributed by atoms with Crippen molar-refractivity contribution >= 4 is 5.71 Å². The van der Waals surface area contributed by atoms with Crippen LogP contribution in [0.15, 0.2) is 35.9 Å². The van der Waals surface area contributed by atoms with E-state index in [0.717, 1.165) is 5.57 Å². The maximum Gasteiger partial charge on any atom is 0.189 e. The van der Waals surface area contributed by atoms with Crippen molar-refractivity contribution in [2.75, 3.05) is 20.1 Å². The molecule has 0 amide bonds. The summed E-state index contributed by atoms with van der Waals surface area (Å²) in [7, 11) is 1.93. The van der Waals surface area contributed by atoms with Crippen molar-refractivity contribution in [1.29, 1.82) is 21.2 Å². The third-order valence-corrected chi connectivity index (χ3v) is 5.20. The number of nitrogens with one attached hydrogen (secondary N) is 1. The van der Waals surface area contributed by atoms with Crippen molar-refractivity contribution in [2.24, 2.45) is 17.3 Å². The van der Waals surface area contributed by atoms with Gasteiger partial charge in [0.1, 0.15) is 11.7 Å². The molecule has 25 heavy (non-hydrogen) atoms. The monoisotopic (exact) mass is 333 g/mol. The fourth-order valence-corrected chi connectivity index (χ4v) is 4.00. The number of halogens is 1. The van der Waals surface area contributed by atoms with Crippen LogP contribution in [0.2, 0.25) is 0 Å². The minimum absolute atomic E-state index is 0.179. The van der Waals surface area contributed by atoms with Crippen LogP contribution in [0.5, 0.6) is 0 Å². The lowest BCUT2D eigenvalue weighted by atomic mass is 9.54. The van der Waals surface area contributed by atoms with Gasteiger partial charge in [0, 0.05) is 24.9 Å². The van der Waals surface area contributed by atoms with Gasteiger partial charge in [-0.05, 0) is 30.3 Å². The predicted octanol–water partition coefficient (Wildman–Crippen LogP) is 2.60. The van der Waals surface area contributed by atoms with Gasteiger partial charge in [-0.2, -0.15) is 15.8 Å². The average Bonchev–Trinajstić information content (AvgIpc) is 2.62. The van der Waals surface area contributed by atoms with E-state index in [1.807, 2.05) is 30.2 Å². The topological polar surface area (TPSA) is 98.5 Å². The van der Waals surface area contributed by atoms with Crippen LogP contribution in [0.4, 0.5) is 4.39 Å². The first-order valence-electron chi connectivity index (χ1n) is 7.93. The molecule has 0 aromatic heterocycles. The van der Waals surface area contributed by atoms with Crippen molar-refractivity contribution in [1.82, 2.24) is 4.90 Å². The van der Waals surface area contributed by atoms with Crippen LogP contribution in [-0.4, -0.2) is 30.7 Å². The second-order valence-corrected chi connectivity index (χ2v) is 6.57. The minimum atomic E-state index is -1.74. The van der Waals surface area contributed by atoms with Crippen LogP contribution >= 0.6 is 0 Å². The van der Waals surface area contributed by atoms with Crippen molar-refractivity contribution in [3.05, 3.63) is 47.3 Å². The molecule has 1 aromatic carbocycles. The first-order valence-corrected chi connectivity index (χ1v) is 7.93. The molecule has 3 rings (SSSR count). The van der Waals surface area contributed by atoms with Crippen LogP contribution in [0.1, 0.15) is 11.5 Å².